The summed E-state index contributed by atoms with van der Waals surface area (Å²) in [5.74, 6) is 1.50. The van der Waals surface area contributed by atoms with Crippen molar-refractivity contribution < 1.29 is 4.39 Å². The number of fused-ring (bicyclic) bond motifs is 1. The van der Waals surface area contributed by atoms with Gasteiger partial charge in [0.15, 0.2) is 0 Å². The first-order chi connectivity index (χ1) is 6.70. The molecule has 0 spiro atoms. The van der Waals surface area contributed by atoms with Gasteiger partial charge in [0.05, 0.1) is 0 Å². The molecule has 1 unspecified atom stereocenters. The van der Waals surface area contributed by atoms with Crippen LogP contribution in [0.1, 0.15) is 23.6 Å². The number of thioether (sulfide) groups is 1. The van der Waals surface area contributed by atoms with Gasteiger partial charge in [-0.15, -0.1) is 0 Å². The van der Waals surface area contributed by atoms with E-state index in [1.165, 1.54) is 6.07 Å². The van der Waals surface area contributed by atoms with E-state index < -0.39 is 0 Å². The van der Waals surface area contributed by atoms with Crippen molar-refractivity contribution in [3.63, 3.8) is 0 Å². The Bertz CT molecular complexity index is 356. The summed E-state index contributed by atoms with van der Waals surface area (Å²) in [5.41, 5.74) is 7.39. The van der Waals surface area contributed by atoms with Crippen LogP contribution in [0.15, 0.2) is 12.1 Å². The molecule has 0 radical (unpaired) electrons. The van der Waals surface area contributed by atoms with E-state index in [0.717, 1.165) is 23.5 Å². The number of halogens is 2. The first-order valence-corrected chi connectivity index (χ1v) is 6.03. The highest BCUT2D eigenvalue weighted by atomic mass is 35.5. The molecule has 4 heteroatoms. The first-order valence-electron chi connectivity index (χ1n) is 4.50. The summed E-state index contributed by atoms with van der Waals surface area (Å²) in [6.07, 6.45) is 0.814. The molecule has 0 bridgehead atoms. The van der Waals surface area contributed by atoms with Gasteiger partial charge in [-0.3, -0.25) is 0 Å². The molecule has 2 N–H and O–H groups in total. The van der Waals surface area contributed by atoms with E-state index in [2.05, 4.69) is 0 Å². The van der Waals surface area contributed by atoms with Gasteiger partial charge < -0.3 is 5.73 Å². The van der Waals surface area contributed by atoms with Crippen LogP contribution in [0.5, 0.6) is 0 Å². The molecule has 0 saturated heterocycles. The topological polar surface area (TPSA) is 26.0 Å². The van der Waals surface area contributed by atoms with Crippen molar-refractivity contribution in [1.82, 2.24) is 0 Å². The summed E-state index contributed by atoms with van der Waals surface area (Å²) in [7, 11) is 0. The van der Waals surface area contributed by atoms with Crippen molar-refractivity contribution >= 4 is 23.4 Å². The molecular weight excluding hydrogens is 221 g/mol. The van der Waals surface area contributed by atoms with Gasteiger partial charge in [-0.1, -0.05) is 11.6 Å². The summed E-state index contributed by atoms with van der Waals surface area (Å²) in [4.78, 5) is 0. The van der Waals surface area contributed by atoms with E-state index in [4.69, 9.17) is 17.3 Å². The lowest BCUT2D eigenvalue weighted by Crippen LogP contribution is -2.13. The molecule has 2 rings (SSSR count). The van der Waals surface area contributed by atoms with Crippen molar-refractivity contribution in [2.75, 3.05) is 5.75 Å². The highest BCUT2D eigenvalue weighted by Gasteiger charge is 2.21. The van der Waals surface area contributed by atoms with E-state index in [1.54, 1.807) is 17.8 Å². The zero-order valence-corrected chi connectivity index (χ0v) is 9.17. The Morgan fingerprint density at radius 1 is 1.50 bits per heavy atom. The molecule has 1 aromatic rings. The monoisotopic (exact) mass is 231 g/mol. The third-order valence-electron chi connectivity index (χ3n) is 2.44. The molecule has 76 valence electrons. The highest BCUT2D eigenvalue weighted by Crippen LogP contribution is 2.35. The Kier molecular flexibility index (Phi) is 3.00. The quantitative estimate of drug-likeness (QED) is 0.743. The van der Waals surface area contributed by atoms with Crippen molar-refractivity contribution in [2.45, 2.75) is 18.2 Å². The number of nitrogens with two attached hydrogens (primary N) is 1. The molecular formula is C10H11ClFNS. The van der Waals surface area contributed by atoms with E-state index in [9.17, 15) is 4.39 Å². The molecule has 0 saturated carbocycles. The van der Waals surface area contributed by atoms with Crippen molar-refractivity contribution in [2.24, 2.45) is 5.73 Å². The number of rotatable bonds is 0. The van der Waals surface area contributed by atoms with Gasteiger partial charge in [-0.2, -0.15) is 11.8 Å². The largest absolute Gasteiger partial charge is 0.324 e. The SMILES string of the molecule is NC1CCSCc2c(Cl)ccc(F)c21. The zero-order valence-electron chi connectivity index (χ0n) is 7.59. The Morgan fingerprint density at radius 3 is 3.07 bits per heavy atom. The summed E-state index contributed by atoms with van der Waals surface area (Å²) < 4.78 is 13.5. The van der Waals surface area contributed by atoms with Gasteiger partial charge >= 0.3 is 0 Å². The van der Waals surface area contributed by atoms with Gasteiger partial charge in [0, 0.05) is 22.4 Å². The zero-order chi connectivity index (χ0) is 10.1. The third-order valence-corrected chi connectivity index (χ3v) is 3.81. The van der Waals surface area contributed by atoms with Crippen LogP contribution in [-0.2, 0) is 5.75 Å². The minimum Gasteiger partial charge on any atom is -0.324 e. The summed E-state index contributed by atoms with van der Waals surface area (Å²) in [5, 5.41) is 0.631. The predicted molar refractivity (Wildman–Crippen MR) is 59.1 cm³/mol. The molecule has 1 heterocycles. The predicted octanol–water partition coefficient (Wildman–Crippen LogP) is 3.12. The van der Waals surface area contributed by atoms with Crippen molar-refractivity contribution in [3.05, 3.63) is 34.1 Å². The third kappa shape index (κ3) is 1.76. The lowest BCUT2D eigenvalue weighted by Gasteiger charge is -2.14. The fraction of sp³-hybridized carbons (Fsp3) is 0.400. The average molecular weight is 232 g/mol. The minimum absolute atomic E-state index is 0.210. The second-order valence-electron chi connectivity index (χ2n) is 3.37. The van der Waals surface area contributed by atoms with Crippen LogP contribution in [0.4, 0.5) is 4.39 Å². The molecule has 1 aliphatic heterocycles. The fourth-order valence-corrected chi connectivity index (χ4v) is 3.08. The fourth-order valence-electron chi connectivity index (χ4n) is 1.69. The molecule has 1 nitrogen and oxygen atoms in total. The molecule has 0 amide bonds. The van der Waals surface area contributed by atoms with E-state index >= 15 is 0 Å². The van der Waals surface area contributed by atoms with Gasteiger partial charge in [0.2, 0.25) is 0 Å². The minimum atomic E-state index is -0.223. The van der Waals surface area contributed by atoms with Crippen molar-refractivity contribution in [1.29, 1.82) is 0 Å². The maximum absolute atomic E-state index is 13.5. The van der Waals surface area contributed by atoms with Crippen LogP contribution in [-0.4, -0.2) is 5.75 Å². The maximum atomic E-state index is 13.5. The second kappa shape index (κ2) is 4.09. The lowest BCUT2D eigenvalue weighted by atomic mass is 9.99. The number of benzene rings is 1. The van der Waals surface area contributed by atoms with Crippen LogP contribution >= 0.6 is 23.4 Å². The molecule has 14 heavy (non-hydrogen) atoms. The van der Waals surface area contributed by atoms with Crippen LogP contribution < -0.4 is 5.73 Å². The number of hydrogen-bond acceptors (Lipinski definition) is 2. The van der Waals surface area contributed by atoms with Gasteiger partial charge in [0.25, 0.3) is 0 Å². The smallest absolute Gasteiger partial charge is 0.128 e. The molecule has 0 fully saturated rings. The Balaban J connectivity index is 2.57. The maximum Gasteiger partial charge on any atom is 0.128 e. The number of hydrogen-bond donors (Lipinski definition) is 1. The summed E-state index contributed by atoms with van der Waals surface area (Å²) in [6.45, 7) is 0. The Hall–Kier alpha value is -0.250. The summed E-state index contributed by atoms with van der Waals surface area (Å²) >= 11 is 7.77. The van der Waals surface area contributed by atoms with Crippen LogP contribution in [0.3, 0.4) is 0 Å². The normalized spacial score (nSPS) is 21.5. The average Bonchev–Trinajstić information content (AvgIpc) is 2.35. The van der Waals surface area contributed by atoms with E-state index in [0.29, 0.717) is 10.6 Å². The Labute approximate surface area is 91.8 Å². The van der Waals surface area contributed by atoms with Crippen LogP contribution in [0.25, 0.3) is 0 Å². The molecule has 1 aliphatic rings. The molecule has 0 aromatic heterocycles. The van der Waals surface area contributed by atoms with Crippen LogP contribution in [0.2, 0.25) is 5.02 Å². The standard InChI is InChI=1S/C10H11ClFNS/c11-7-1-2-8(12)10-6(7)5-14-4-3-9(10)13/h1-2,9H,3-5,13H2. The lowest BCUT2D eigenvalue weighted by molar-refractivity contribution is 0.575. The molecule has 0 aliphatic carbocycles. The van der Waals surface area contributed by atoms with Gasteiger partial charge in [-0.25, -0.2) is 4.39 Å². The Morgan fingerprint density at radius 2 is 2.29 bits per heavy atom. The first kappa shape index (κ1) is 10.3. The van der Waals surface area contributed by atoms with E-state index in [-0.39, 0.29) is 11.9 Å². The van der Waals surface area contributed by atoms with Crippen molar-refractivity contribution in [3.8, 4) is 0 Å². The van der Waals surface area contributed by atoms with Gasteiger partial charge in [0.1, 0.15) is 5.82 Å². The highest BCUT2D eigenvalue weighted by molar-refractivity contribution is 7.98. The molecule has 1 aromatic carbocycles. The second-order valence-corrected chi connectivity index (χ2v) is 4.88. The molecule has 1 atom stereocenters. The summed E-state index contributed by atoms with van der Waals surface area (Å²) in [6, 6.07) is 2.80. The van der Waals surface area contributed by atoms with Gasteiger partial charge in [-0.05, 0) is 29.9 Å². The van der Waals surface area contributed by atoms with E-state index in [1.807, 2.05) is 0 Å². The van der Waals surface area contributed by atoms with Crippen LogP contribution in [0, 0.1) is 5.82 Å².